The molecule has 0 amide bonds. The van der Waals surface area contributed by atoms with Gasteiger partial charge in [-0.1, -0.05) is 127 Å². The molecule has 1 N–H and O–H groups in total. The largest absolute Gasteiger partial charge is 0.481 e. The highest BCUT2D eigenvalue weighted by Crippen LogP contribution is 2.44. The van der Waals surface area contributed by atoms with Crippen LogP contribution >= 0.6 is 0 Å². The number of carbonyl (C=O) groups is 1. The minimum Gasteiger partial charge on any atom is -0.481 e. The molecule has 0 bridgehead atoms. The molecular weight excluding hydrogens is 471 g/mol. The first kappa shape index (κ1) is 30.4. The van der Waals surface area contributed by atoms with Gasteiger partial charge in [-0.3, -0.25) is 4.79 Å². The van der Waals surface area contributed by atoms with Gasteiger partial charge in [0.15, 0.2) is 0 Å². The Balaban J connectivity index is 1.56. The van der Waals surface area contributed by atoms with Crippen molar-refractivity contribution in [1.29, 1.82) is 0 Å². The van der Waals surface area contributed by atoms with E-state index >= 15 is 4.39 Å². The fraction of sp³-hybridized carbons (Fsp3) is 0.629. The normalized spacial score (nSPS) is 19.5. The summed E-state index contributed by atoms with van der Waals surface area (Å²) in [6.45, 7) is 4.48. The molecule has 1 fully saturated rings. The molecule has 1 aliphatic carbocycles. The van der Waals surface area contributed by atoms with Crippen LogP contribution in [-0.2, 0) is 16.6 Å². The van der Waals surface area contributed by atoms with Gasteiger partial charge in [0.05, 0.1) is 5.41 Å². The summed E-state index contributed by atoms with van der Waals surface area (Å²) in [5.41, 5.74) is 2.37. The second-order valence-corrected chi connectivity index (χ2v) is 11.8. The average Bonchev–Trinajstić information content (AvgIpc) is 2.93. The minimum atomic E-state index is -0.961. The Bertz CT molecular complexity index is 956. The Morgan fingerprint density at radius 2 is 1.39 bits per heavy atom. The van der Waals surface area contributed by atoms with Crippen molar-refractivity contribution >= 4 is 5.97 Å². The molecule has 2 aromatic carbocycles. The smallest absolute Gasteiger partial charge is 0.314 e. The molecule has 0 radical (unpaired) electrons. The zero-order valence-electron chi connectivity index (χ0n) is 24.1. The SMILES string of the molecule is CCCCCCCCCC1CCC(C(=O)O)(c2ccc(-c3ccc(CCCCCCC)cc3)c(F)c2)CC1. The molecule has 38 heavy (non-hydrogen) atoms. The summed E-state index contributed by atoms with van der Waals surface area (Å²) >= 11 is 0. The van der Waals surface area contributed by atoms with Crippen molar-refractivity contribution in [3.8, 4) is 11.1 Å². The van der Waals surface area contributed by atoms with Gasteiger partial charge in [0.2, 0.25) is 0 Å². The van der Waals surface area contributed by atoms with E-state index < -0.39 is 11.4 Å². The third-order valence-electron chi connectivity index (χ3n) is 8.94. The predicted octanol–water partition coefficient (Wildman–Crippen LogP) is 10.7. The molecule has 0 atom stereocenters. The monoisotopic (exact) mass is 522 g/mol. The predicted molar refractivity (Wildman–Crippen MR) is 158 cm³/mol. The Kier molecular flexibility index (Phi) is 12.8. The lowest BCUT2D eigenvalue weighted by atomic mass is 9.66. The first-order valence-corrected chi connectivity index (χ1v) is 15.6. The summed E-state index contributed by atoms with van der Waals surface area (Å²) in [5.74, 6) is -0.518. The van der Waals surface area contributed by atoms with E-state index in [0.717, 1.165) is 24.8 Å². The zero-order valence-corrected chi connectivity index (χ0v) is 24.1. The van der Waals surface area contributed by atoms with Crippen molar-refractivity contribution in [2.45, 2.75) is 135 Å². The van der Waals surface area contributed by atoms with Crippen LogP contribution in [0.4, 0.5) is 4.39 Å². The molecule has 0 heterocycles. The summed E-state index contributed by atoms with van der Waals surface area (Å²) in [6.07, 6.45) is 20.8. The first-order valence-electron chi connectivity index (χ1n) is 15.6. The number of hydrogen-bond acceptors (Lipinski definition) is 1. The fourth-order valence-electron chi connectivity index (χ4n) is 6.31. The Hall–Kier alpha value is -2.16. The summed E-state index contributed by atoms with van der Waals surface area (Å²) < 4.78 is 15.3. The van der Waals surface area contributed by atoms with Gasteiger partial charge in [0.1, 0.15) is 5.82 Å². The maximum atomic E-state index is 15.3. The molecule has 2 nitrogen and oxygen atoms in total. The summed E-state index contributed by atoms with van der Waals surface area (Å²) in [7, 11) is 0. The third-order valence-corrected chi connectivity index (χ3v) is 8.94. The molecule has 0 aromatic heterocycles. The molecule has 1 saturated carbocycles. The van der Waals surface area contributed by atoms with Gasteiger partial charge in [-0.15, -0.1) is 0 Å². The topological polar surface area (TPSA) is 37.3 Å². The van der Waals surface area contributed by atoms with Crippen molar-refractivity contribution in [3.05, 3.63) is 59.4 Å². The quantitative estimate of drug-likeness (QED) is 0.210. The van der Waals surface area contributed by atoms with Crippen LogP contribution in [0.1, 0.15) is 134 Å². The number of rotatable bonds is 17. The molecular formula is C35H51FO2. The van der Waals surface area contributed by atoms with E-state index in [-0.39, 0.29) is 5.82 Å². The molecule has 0 unspecified atom stereocenters. The van der Waals surface area contributed by atoms with Crippen LogP contribution in [0.2, 0.25) is 0 Å². The maximum Gasteiger partial charge on any atom is 0.314 e. The number of aryl methyl sites for hydroxylation is 1. The Morgan fingerprint density at radius 1 is 0.816 bits per heavy atom. The third kappa shape index (κ3) is 8.68. The van der Waals surface area contributed by atoms with Crippen molar-refractivity contribution in [3.63, 3.8) is 0 Å². The second-order valence-electron chi connectivity index (χ2n) is 11.8. The van der Waals surface area contributed by atoms with E-state index in [9.17, 15) is 9.90 Å². The molecule has 0 aliphatic heterocycles. The first-order chi connectivity index (χ1) is 18.5. The standard InChI is InChI=1S/C35H51FO2/c1-3-5-7-9-10-12-14-16-29-23-25-35(26-24-29,34(37)38)31-21-22-32(33(36)27-31)30-19-17-28(18-20-30)15-13-11-8-6-4-2/h17-22,27,29H,3-16,23-26H2,1-2H3,(H,37,38). The highest BCUT2D eigenvalue weighted by molar-refractivity contribution is 5.82. The number of benzene rings is 2. The van der Waals surface area contributed by atoms with Crippen LogP contribution in [-0.4, -0.2) is 11.1 Å². The van der Waals surface area contributed by atoms with Crippen LogP contribution in [0.15, 0.2) is 42.5 Å². The van der Waals surface area contributed by atoms with E-state index in [1.807, 2.05) is 18.2 Å². The van der Waals surface area contributed by atoms with E-state index in [2.05, 4.69) is 26.0 Å². The lowest BCUT2D eigenvalue weighted by Gasteiger charge is -2.37. The zero-order chi connectivity index (χ0) is 27.2. The highest BCUT2D eigenvalue weighted by Gasteiger charge is 2.43. The van der Waals surface area contributed by atoms with Crippen LogP contribution in [0.5, 0.6) is 0 Å². The van der Waals surface area contributed by atoms with Gasteiger partial charge in [0, 0.05) is 5.56 Å². The fourth-order valence-corrected chi connectivity index (χ4v) is 6.31. The Morgan fingerprint density at radius 3 is 1.97 bits per heavy atom. The van der Waals surface area contributed by atoms with Crippen molar-refractivity contribution < 1.29 is 14.3 Å². The van der Waals surface area contributed by atoms with Crippen LogP contribution in [0.3, 0.4) is 0 Å². The number of carboxylic acid groups (broad SMARTS) is 1. The van der Waals surface area contributed by atoms with Crippen LogP contribution in [0, 0.1) is 11.7 Å². The van der Waals surface area contributed by atoms with Crippen LogP contribution in [0.25, 0.3) is 11.1 Å². The number of halogens is 1. The van der Waals surface area contributed by atoms with Gasteiger partial charge in [-0.25, -0.2) is 4.39 Å². The van der Waals surface area contributed by atoms with Crippen LogP contribution < -0.4 is 0 Å². The molecule has 2 aromatic rings. The second kappa shape index (κ2) is 16.1. The number of hydrogen-bond donors (Lipinski definition) is 1. The summed E-state index contributed by atoms with van der Waals surface area (Å²) in [6, 6.07) is 13.4. The lowest BCUT2D eigenvalue weighted by Crippen LogP contribution is -2.39. The molecule has 3 rings (SSSR count). The van der Waals surface area contributed by atoms with Crippen molar-refractivity contribution in [2.75, 3.05) is 0 Å². The molecule has 210 valence electrons. The number of carboxylic acids is 1. The average molecular weight is 523 g/mol. The van der Waals surface area contributed by atoms with E-state index in [4.69, 9.17) is 0 Å². The van der Waals surface area contributed by atoms with Gasteiger partial charge in [0.25, 0.3) is 0 Å². The molecule has 0 saturated heterocycles. The molecule has 3 heteroatoms. The van der Waals surface area contributed by atoms with Gasteiger partial charge in [-0.05, 0) is 67.2 Å². The molecule has 0 spiro atoms. The number of aliphatic carboxylic acids is 1. The van der Waals surface area contributed by atoms with Gasteiger partial charge in [-0.2, -0.15) is 0 Å². The minimum absolute atomic E-state index is 0.319. The Labute approximate surface area is 231 Å². The van der Waals surface area contributed by atoms with E-state index in [1.54, 1.807) is 6.07 Å². The van der Waals surface area contributed by atoms with Gasteiger partial charge >= 0.3 is 5.97 Å². The summed E-state index contributed by atoms with van der Waals surface area (Å²) in [4.78, 5) is 12.5. The highest BCUT2D eigenvalue weighted by atomic mass is 19.1. The summed E-state index contributed by atoms with van der Waals surface area (Å²) in [5, 5.41) is 10.2. The lowest BCUT2D eigenvalue weighted by molar-refractivity contribution is -0.145. The molecule has 1 aliphatic rings. The number of unbranched alkanes of at least 4 members (excludes halogenated alkanes) is 10. The van der Waals surface area contributed by atoms with E-state index in [0.29, 0.717) is 29.9 Å². The van der Waals surface area contributed by atoms with Crippen molar-refractivity contribution in [1.82, 2.24) is 0 Å². The van der Waals surface area contributed by atoms with Gasteiger partial charge < -0.3 is 5.11 Å². The maximum absolute atomic E-state index is 15.3. The van der Waals surface area contributed by atoms with Crippen molar-refractivity contribution in [2.24, 2.45) is 5.92 Å². The van der Waals surface area contributed by atoms with E-state index in [1.165, 1.54) is 95.1 Å².